The number of hydrogen-bond donors (Lipinski definition) is 2. The lowest BCUT2D eigenvalue weighted by molar-refractivity contribution is -0.0310. The standard InChI is InChI=1S/C15H30N2O4/c1-2-17-5-7-21-15(10-17)9-16-8-13(18)11-19-12-14-4-3-6-20-14/h13-16,18H,2-12H2,1H3. The predicted molar refractivity (Wildman–Crippen MR) is 80.5 cm³/mol. The summed E-state index contributed by atoms with van der Waals surface area (Å²) in [6.45, 7) is 9.14. The molecule has 3 atom stereocenters. The summed E-state index contributed by atoms with van der Waals surface area (Å²) in [7, 11) is 0. The molecule has 0 amide bonds. The van der Waals surface area contributed by atoms with Crippen molar-refractivity contribution in [3.8, 4) is 0 Å². The molecule has 0 bridgehead atoms. The van der Waals surface area contributed by atoms with Crippen LogP contribution < -0.4 is 5.32 Å². The van der Waals surface area contributed by atoms with E-state index < -0.39 is 6.10 Å². The molecule has 0 radical (unpaired) electrons. The molecule has 0 spiro atoms. The summed E-state index contributed by atoms with van der Waals surface area (Å²) in [5, 5.41) is 13.1. The fraction of sp³-hybridized carbons (Fsp3) is 1.00. The van der Waals surface area contributed by atoms with Gasteiger partial charge in [-0.3, -0.25) is 4.90 Å². The van der Waals surface area contributed by atoms with E-state index in [1.165, 1.54) is 0 Å². The van der Waals surface area contributed by atoms with Gasteiger partial charge in [-0.05, 0) is 19.4 Å². The lowest BCUT2D eigenvalue weighted by Crippen LogP contribution is -2.47. The van der Waals surface area contributed by atoms with Crippen molar-refractivity contribution >= 4 is 0 Å². The van der Waals surface area contributed by atoms with E-state index in [-0.39, 0.29) is 12.2 Å². The Morgan fingerprint density at radius 3 is 2.95 bits per heavy atom. The maximum Gasteiger partial charge on any atom is 0.0897 e. The third-order valence-electron chi connectivity index (χ3n) is 4.06. The Kier molecular flexibility index (Phi) is 7.92. The van der Waals surface area contributed by atoms with E-state index in [0.29, 0.717) is 19.8 Å². The van der Waals surface area contributed by atoms with Crippen LogP contribution in [0.4, 0.5) is 0 Å². The molecule has 124 valence electrons. The average molecular weight is 302 g/mol. The molecule has 2 aliphatic rings. The van der Waals surface area contributed by atoms with Gasteiger partial charge in [-0.25, -0.2) is 0 Å². The van der Waals surface area contributed by atoms with E-state index in [2.05, 4.69) is 17.1 Å². The summed E-state index contributed by atoms with van der Waals surface area (Å²) in [6, 6.07) is 0. The van der Waals surface area contributed by atoms with E-state index in [4.69, 9.17) is 14.2 Å². The molecule has 2 saturated heterocycles. The zero-order chi connectivity index (χ0) is 14.9. The zero-order valence-electron chi connectivity index (χ0n) is 13.1. The second kappa shape index (κ2) is 9.71. The normalized spacial score (nSPS) is 28.9. The van der Waals surface area contributed by atoms with Gasteiger partial charge in [0.2, 0.25) is 0 Å². The van der Waals surface area contributed by atoms with Gasteiger partial charge >= 0.3 is 0 Å². The molecule has 6 nitrogen and oxygen atoms in total. The Bertz CT molecular complexity index is 274. The van der Waals surface area contributed by atoms with Gasteiger partial charge in [0.25, 0.3) is 0 Å². The van der Waals surface area contributed by atoms with Crippen LogP contribution in [0.25, 0.3) is 0 Å². The molecule has 2 heterocycles. The van der Waals surface area contributed by atoms with E-state index in [9.17, 15) is 5.11 Å². The van der Waals surface area contributed by atoms with Crippen LogP contribution in [0.5, 0.6) is 0 Å². The number of rotatable bonds is 9. The lowest BCUT2D eigenvalue weighted by Gasteiger charge is -2.32. The fourth-order valence-electron chi connectivity index (χ4n) is 2.77. The highest BCUT2D eigenvalue weighted by Gasteiger charge is 2.19. The van der Waals surface area contributed by atoms with Crippen molar-refractivity contribution in [2.75, 3.05) is 59.2 Å². The van der Waals surface area contributed by atoms with Crippen molar-refractivity contribution in [1.82, 2.24) is 10.2 Å². The van der Waals surface area contributed by atoms with Crippen molar-refractivity contribution in [1.29, 1.82) is 0 Å². The fourth-order valence-corrected chi connectivity index (χ4v) is 2.77. The van der Waals surface area contributed by atoms with Crippen LogP contribution in [0.3, 0.4) is 0 Å². The number of likely N-dealkylation sites (N-methyl/N-ethyl adjacent to an activating group) is 1. The molecule has 0 aromatic carbocycles. The van der Waals surface area contributed by atoms with Crippen LogP contribution in [0.2, 0.25) is 0 Å². The van der Waals surface area contributed by atoms with Gasteiger partial charge in [-0.1, -0.05) is 6.92 Å². The van der Waals surface area contributed by atoms with Crippen LogP contribution in [-0.4, -0.2) is 87.5 Å². The second-order valence-corrected chi connectivity index (χ2v) is 5.87. The largest absolute Gasteiger partial charge is 0.389 e. The summed E-state index contributed by atoms with van der Waals surface area (Å²) < 4.78 is 16.7. The van der Waals surface area contributed by atoms with Crippen LogP contribution >= 0.6 is 0 Å². The van der Waals surface area contributed by atoms with Gasteiger partial charge in [0.05, 0.1) is 38.1 Å². The molecule has 6 heteroatoms. The molecule has 2 N–H and O–H groups in total. The van der Waals surface area contributed by atoms with Crippen LogP contribution in [0.1, 0.15) is 19.8 Å². The Balaban J connectivity index is 1.47. The van der Waals surface area contributed by atoms with Gasteiger partial charge in [0.1, 0.15) is 0 Å². The quantitative estimate of drug-likeness (QED) is 0.618. The number of nitrogens with zero attached hydrogens (tertiary/aromatic N) is 1. The Labute approximate surface area is 127 Å². The van der Waals surface area contributed by atoms with E-state index in [1.807, 2.05) is 0 Å². The summed E-state index contributed by atoms with van der Waals surface area (Å²) >= 11 is 0. The molecule has 2 aliphatic heterocycles. The van der Waals surface area contributed by atoms with Crippen molar-refractivity contribution in [2.24, 2.45) is 0 Å². The number of aliphatic hydroxyl groups is 1. The third kappa shape index (κ3) is 6.59. The predicted octanol–water partition coefficient (Wildman–Crippen LogP) is -0.147. The molecule has 0 aromatic rings. The van der Waals surface area contributed by atoms with Crippen LogP contribution in [-0.2, 0) is 14.2 Å². The number of nitrogens with one attached hydrogen (secondary N) is 1. The summed E-state index contributed by atoms with van der Waals surface area (Å²) in [5.74, 6) is 0. The highest BCUT2D eigenvalue weighted by molar-refractivity contribution is 4.73. The number of hydrogen-bond acceptors (Lipinski definition) is 6. The van der Waals surface area contributed by atoms with Gasteiger partial charge in [-0.2, -0.15) is 0 Å². The summed E-state index contributed by atoms with van der Waals surface area (Å²) in [5.41, 5.74) is 0. The van der Waals surface area contributed by atoms with Gasteiger partial charge in [-0.15, -0.1) is 0 Å². The monoisotopic (exact) mass is 302 g/mol. The second-order valence-electron chi connectivity index (χ2n) is 5.87. The van der Waals surface area contributed by atoms with Crippen LogP contribution in [0.15, 0.2) is 0 Å². The Hall–Kier alpha value is -0.240. The first kappa shape index (κ1) is 17.1. The maximum atomic E-state index is 9.87. The smallest absolute Gasteiger partial charge is 0.0897 e. The lowest BCUT2D eigenvalue weighted by atomic mass is 10.2. The maximum absolute atomic E-state index is 9.87. The van der Waals surface area contributed by atoms with Crippen LogP contribution in [0, 0.1) is 0 Å². The van der Waals surface area contributed by atoms with Crippen molar-refractivity contribution in [3.05, 3.63) is 0 Å². The molecule has 3 unspecified atom stereocenters. The molecule has 0 aromatic heterocycles. The Morgan fingerprint density at radius 2 is 2.19 bits per heavy atom. The van der Waals surface area contributed by atoms with Gasteiger partial charge in [0.15, 0.2) is 0 Å². The van der Waals surface area contributed by atoms with E-state index in [1.54, 1.807) is 0 Å². The van der Waals surface area contributed by atoms with Gasteiger partial charge in [0, 0.05) is 32.8 Å². The molecular weight excluding hydrogens is 272 g/mol. The molecule has 2 fully saturated rings. The van der Waals surface area contributed by atoms with Crippen molar-refractivity contribution in [2.45, 2.75) is 38.1 Å². The zero-order valence-corrected chi connectivity index (χ0v) is 13.1. The molecule has 0 aliphatic carbocycles. The number of ether oxygens (including phenoxy) is 3. The highest BCUT2D eigenvalue weighted by Crippen LogP contribution is 2.11. The molecular formula is C15H30N2O4. The van der Waals surface area contributed by atoms with E-state index >= 15 is 0 Å². The first-order chi connectivity index (χ1) is 10.3. The summed E-state index contributed by atoms with van der Waals surface area (Å²) in [6.07, 6.45) is 2.16. The number of morpholine rings is 1. The minimum atomic E-state index is -0.475. The third-order valence-corrected chi connectivity index (χ3v) is 4.06. The van der Waals surface area contributed by atoms with Crippen molar-refractivity contribution < 1.29 is 19.3 Å². The van der Waals surface area contributed by atoms with Crippen molar-refractivity contribution in [3.63, 3.8) is 0 Å². The Morgan fingerprint density at radius 1 is 1.33 bits per heavy atom. The minimum absolute atomic E-state index is 0.221. The topological polar surface area (TPSA) is 63.2 Å². The summed E-state index contributed by atoms with van der Waals surface area (Å²) in [4.78, 5) is 2.39. The highest BCUT2D eigenvalue weighted by atomic mass is 16.5. The molecule has 21 heavy (non-hydrogen) atoms. The SMILES string of the molecule is CCN1CCOC(CNCC(O)COCC2CCCO2)C1. The van der Waals surface area contributed by atoms with Gasteiger partial charge < -0.3 is 24.6 Å². The minimum Gasteiger partial charge on any atom is -0.389 e. The van der Waals surface area contributed by atoms with E-state index in [0.717, 1.165) is 52.2 Å². The first-order valence-electron chi connectivity index (χ1n) is 8.20. The number of aliphatic hydroxyl groups excluding tert-OH is 1. The molecule has 0 saturated carbocycles. The molecule has 2 rings (SSSR count). The average Bonchev–Trinajstić information content (AvgIpc) is 3.01. The first-order valence-corrected chi connectivity index (χ1v) is 8.20.